The molecule has 3 nitrogen and oxygen atoms in total. The van der Waals surface area contributed by atoms with Crippen LogP contribution >= 0.6 is 0 Å². The molecule has 0 aromatic carbocycles. The Bertz CT molecular complexity index is 285. The first kappa shape index (κ1) is 19.7. The lowest BCUT2D eigenvalue weighted by Crippen LogP contribution is -2.51. The smallest absolute Gasteiger partial charge is 0.311 e. The van der Waals surface area contributed by atoms with Gasteiger partial charge in [0.25, 0.3) is 0 Å². The van der Waals surface area contributed by atoms with E-state index < -0.39 is 33.5 Å². The van der Waals surface area contributed by atoms with E-state index in [2.05, 4.69) is 58.9 Å². The molecule has 0 spiro atoms. The molecule has 116 valence electrons. The van der Waals surface area contributed by atoms with E-state index in [1.807, 2.05) is 7.11 Å². The van der Waals surface area contributed by atoms with Crippen LogP contribution in [0.5, 0.6) is 0 Å². The van der Waals surface area contributed by atoms with Crippen molar-refractivity contribution in [3.8, 4) is 0 Å². The van der Waals surface area contributed by atoms with E-state index in [1.165, 1.54) is 12.1 Å². The normalized spacial score (nSPS) is 14.8. The minimum absolute atomic E-state index is 1.17. The number of rotatable bonds is 8. The fraction of sp³-hybridized carbons (Fsp3) is 1.00. The second-order valence-corrected chi connectivity index (χ2v) is 25.0. The standard InChI is InChI=1S/C12H34O3Si4/c1-13-17(5,6)11-12-18(7,8)15-19(9,10)14-16(2,3)4/h11-12H2,1-10H3. The maximum Gasteiger partial charge on any atom is 0.311 e. The lowest BCUT2D eigenvalue weighted by molar-refractivity contribution is 0.388. The van der Waals surface area contributed by atoms with E-state index in [4.69, 9.17) is 12.7 Å². The van der Waals surface area contributed by atoms with Crippen LogP contribution in [-0.2, 0) is 12.7 Å². The van der Waals surface area contributed by atoms with Crippen molar-refractivity contribution in [2.24, 2.45) is 0 Å². The van der Waals surface area contributed by atoms with Crippen LogP contribution < -0.4 is 0 Å². The third-order valence-corrected chi connectivity index (χ3v) is 16.1. The van der Waals surface area contributed by atoms with E-state index in [1.54, 1.807) is 0 Å². The maximum atomic E-state index is 6.50. The average molecular weight is 339 g/mol. The van der Waals surface area contributed by atoms with E-state index >= 15 is 0 Å². The summed E-state index contributed by atoms with van der Waals surface area (Å²) in [5.74, 6) is 0. The molecule has 0 amide bonds. The van der Waals surface area contributed by atoms with Crippen molar-refractivity contribution in [3.05, 3.63) is 0 Å². The molecule has 0 heterocycles. The molecule has 19 heavy (non-hydrogen) atoms. The molecule has 0 bridgehead atoms. The van der Waals surface area contributed by atoms with Gasteiger partial charge in [-0.3, -0.25) is 0 Å². The van der Waals surface area contributed by atoms with E-state index in [-0.39, 0.29) is 0 Å². The van der Waals surface area contributed by atoms with Crippen molar-refractivity contribution in [3.63, 3.8) is 0 Å². The maximum absolute atomic E-state index is 6.50. The van der Waals surface area contributed by atoms with Crippen molar-refractivity contribution >= 4 is 33.5 Å². The van der Waals surface area contributed by atoms with E-state index in [0.29, 0.717) is 0 Å². The second kappa shape index (κ2) is 6.67. The molecular formula is C12H34O3Si4. The fourth-order valence-electron chi connectivity index (χ4n) is 2.18. The van der Waals surface area contributed by atoms with Gasteiger partial charge in [0.2, 0.25) is 0 Å². The highest BCUT2D eigenvalue weighted by Crippen LogP contribution is 2.26. The fourth-order valence-corrected chi connectivity index (χ4v) is 19.4. The molecule has 0 saturated heterocycles. The van der Waals surface area contributed by atoms with E-state index in [0.717, 1.165) is 0 Å². The molecule has 0 fully saturated rings. The molecule has 0 saturated carbocycles. The zero-order valence-electron chi connectivity index (χ0n) is 14.6. The first-order valence-electron chi connectivity index (χ1n) is 7.14. The molecule has 0 aliphatic rings. The first-order valence-corrected chi connectivity index (χ1v) is 19.6. The minimum atomic E-state index is -1.98. The molecule has 0 aliphatic carbocycles. The minimum Gasteiger partial charge on any atom is -0.437 e. The van der Waals surface area contributed by atoms with Crippen LogP contribution in [0.4, 0.5) is 0 Å². The molecule has 0 aromatic rings. The third-order valence-electron chi connectivity index (χ3n) is 2.96. The zero-order chi connectivity index (χ0) is 15.5. The van der Waals surface area contributed by atoms with Crippen LogP contribution in [0.25, 0.3) is 0 Å². The molecule has 7 heteroatoms. The summed E-state index contributed by atoms with van der Waals surface area (Å²) in [5, 5.41) is 0. The molecule has 0 rings (SSSR count). The Balaban J connectivity index is 4.51. The van der Waals surface area contributed by atoms with Gasteiger partial charge in [-0.25, -0.2) is 0 Å². The Morgan fingerprint density at radius 2 is 1.05 bits per heavy atom. The monoisotopic (exact) mass is 338 g/mol. The summed E-state index contributed by atoms with van der Waals surface area (Å²) in [5.41, 5.74) is 0. The lowest BCUT2D eigenvalue weighted by Gasteiger charge is -2.38. The summed E-state index contributed by atoms with van der Waals surface area (Å²) in [6, 6.07) is 2.35. The Morgan fingerprint density at radius 3 is 1.42 bits per heavy atom. The molecule has 0 N–H and O–H groups in total. The third kappa shape index (κ3) is 10.2. The van der Waals surface area contributed by atoms with Crippen LogP contribution in [0.15, 0.2) is 0 Å². The van der Waals surface area contributed by atoms with Gasteiger partial charge >= 0.3 is 8.56 Å². The predicted octanol–water partition coefficient (Wildman–Crippen LogP) is 4.61. The van der Waals surface area contributed by atoms with E-state index in [9.17, 15) is 0 Å². The number of hydrogen-bond acceptors (Lipinski definition) is 3. The quantitative estimate of drug-likeness (QED) is 0.605. The van der Waals surface area contributed by atoms with Gasteiger partial charge < -0.3 is 12.7 Å². The SMILES string of the molecule is CO[Si](C)(C)CC[Si](C)(C)O[Si](C)(C)O[Si](C)(C)C. The van der Waals surface area contributed by atoms with Crippen LogP contribution in [0.2, 0.25) is 71.0 Å². The molecule has 0 radical (unpaired) electrons. The van der Waals surface area contributed by atoms with Gasteiger partial charge in [-0.1, -0.05) is 0 Å². The van der Waals surface area contributed by atoms with Gasteiger partial charge in [-0.05, 0) is 71.0 Å². The molecule has 0 aliphatic heterocycles. The van der Waals surface area contributed by atoms with Crippen LogP contribution in [-0.4, -0.2) is 40.6 Å². The Morgan fingerprint density at radius 1 is 0.632 bits per heavy atom. The van der Waals surface area contributed by atoms with Crippen molar-refractivity contribution in [1.82, 2.24) is 0 Å². The van der Waals surface area contributed by atoms with Gasteiger partial charge in [0.05, 0.1) is 0 Å². The highest BCUT2D eigenvalue weighted by atomic mass is 28.5. The summed E-state index contributed by atoms with van der Waals surface area (Å²) in [7, 11) is -4.78. The van der Waals surface area contributed by atoms with Gasteiger partial charge in [0, 0.05) is 7.11 Å². The summed E-state index contributed by atoms with van der Waals surface area (Å²) >= 11 is 0. The van der Waals surface area contributed by atoms with Crippen LogP contribution in [0, 0.1) is 0 Å². The predicted molar refractivity (Wildman–Crippen MR) is 94.6 cm³/mol. The summed E-state index contributed by atoms with van der Waals surface area (Å²) in [6.07, 6.45) is 0. The van der Waals surface area contributed by atoms with Crippen molar-refractivity contribution in [1.29, 1.82) is 0 Å². The van der Waals surface area contributed by atoms with Crippen LogP contribution in [0.1, 0.15) is 0 Å². The molecule has 0 aromatic heterocycles. The Labute approximate surface area is 124 Å². The second-order valence-electron chi connectivity index (χ2n) is 7.94. The molecular weight excluding hydrogens is 304 g/mol. The largest absolute Gasteiger partial charge is 0.437 e. The van der Waals surface area contributed by atoms with Crippen molar-refractivity contribution in [2.45, 2.75) is 71.0 Å². The summed E-state index contributed by atoms with van der Waals surface area (Å²) in [4.78, 5) is 0. The molecule has 0 unspecified atom stereocenters. The van der Waals surface area contributed by atoms with Crippen molar-refractivity contribution < 1.29 is 12.7 Å². The highest BCUT2D eigenvalue weighted by Gasteiger charge is 2.38. The number of hydrogen-bond donors (Lipinski definition) is 0. The van der Waals surface area contributed by atoms with Gasteiger partial charge in [-0.15, -0.1) is 0 Å². The van der Waals surface area contributed by atoms with Gasteiger partial charge in [0.1, 0.15) is 0 Å². The summed E-state index contributed by atoms with van der Waals surface area (Å²) < 4.78 is 18.4. The zero-order valence-corrected chi connectivity index (χ0v) is 18.6. The highest BCUT2D eigenvalue weighted by molar-refractivity contribution is 6.88. The van der Waals surface area contributed by atoms with Crippen LogP contribution in [0.3, 0.4) is 0 Å². The van der Waals surface area contributed by atoms with Gasteiger partial charge in [0.15, 0.2) is 25.0 Å². The molecule has 0 atom stereocenters. The Hall–Kier alpha value is 0.748. The van der Waals surface area contributed by atoms with Crippen molar-refractivity contribution in [2.75, 3.05) is 7.11 Å². The average Bonchev–Trinajstić information content (AvgIpc) is 2.09. The topological polar surface area (TPSA) is 27.7 Å². The lowest BCUT2D eigenvalue weighted by atomic mass is 10.9. The van der Waals surface area contributed by atoms with Gasteiger partial charge in [-0.2, -0.15) is 0 Å². The first-order chi connectivity index (χ1) is 8.18. The summed E-state index contributed by atoms with van der Waals surface area (Å²) in [6.45, 7) is 20.3. The Kier molecular flexibility index (Phi) is 6.94.